The normalized spacial score (nSPS) is 17.4. The molecule has 1 unspecified atom stereocenters. The molecule has 1 atom stereocenters. The highest BCUT2D eigenvalue weighted by Gasteiger charge is 2.26. The SMILES string of the molecule is CCCCCc1ccc2nc1CN1CCN(CC1=O)Cc1cnc(C)n1Cc1ccc(C#N)c(c1)O2. The minimum absolute atomic E-state index is 0.112. The molecule has 8 nitrogen and oxygen atoms in total. The number of aryl methyl sites for hydroxylation is 2. The molecule has 1 fully saturated rings. The smallest absolute Gasteiger partial charge is 0.237 e. The highest BCUT2D eigenvalue weighted by atomic mass is 16.5. The number of carbonyl (C=O) groups is 1. The van der Waals surface area contributed by atoms with E-state index >= 15 is 0 Å². The number of fused-ring (bicyclic) bond motifs is 2. The minimum atomic E-state index is 0.112. The molecule has 0 aliphatic carbocycles. The van der Waals surface area contributed by atoms with E-state index in [1.807, 2.05) is 36.2 Å². The molecule has 36 heavy (non-hydrogen) atoms. The van der Waals surface area contributed by atoms with Gasteiger partial charge in [-0.3, -0.25) is 9.69 Å². The van der Waals surface area contributed by atoms with E-state index in [1.165, 1.54) is 0 Å². The number of imidazole rings is 1. The highest BCUT2D eigenvalue weighted by Crippen LogP contribution is 2.28. The number of benzene rings is 1. The average molecular weight is 485 g/mol. The third-order valence-electron chi connectivity index (χ3n) is 7.08. The van der Waals surface area contributed by atoms with E-state index < -0.39 is 0 Å². The number of nitrogens with zero attached hydrogens (tertiary/aromatic N) is 6. The van der Waals surface area contributed by atoms with Crippen LogP contribution in [0.15, 0.2) is 36.5 Å². The van der Waals surface area contributed by atoms with Gasteiger partial charge in [0.1, 0.15) is 17.6 Å². The summed E-state index contributed by atoms with van der Waals surface area (Å²) in [5, 5.41) is 9.70. The molecule has 3 aliphatic rings. The lowest BCUT2D eigenvalue weighted by atomic mass is 10.0. The second kappa shape index (κ2) is 10.5. The number of hydrogen-bond acceptors (Lipinski definition) is 6. The topological polar surface area (TPSA) is 87.3 Å². The standard InChI is InChI=1S/C28H32N6O2/c1-3-4-5-6-22-9-10-27-31-25(22)18-33-12-11-32(19-28(33)35)17-24-15-30-20(2)34(24)16-21-7-8-23(14-29)26(13-21)36-27/h7-10,13,15H,3-6,11-12,16-19H2,1-2H3. The Balaban J connectivity index is 1.56. The fourth-order valence-corrected chi connectivity index (χ4v) is 4.96. The van der Waals surface area contributed by atoms with Gasteiger partial charge in [-0.1, -0.05) is 31.9 Å². The molecule has 5 heterocycles. The molecule has 0 N–H and O–H groups in total. The van der Waals surface area contributed by atoms with Crippen LogP contribution in [0.3, 0.4) is 0 Å². The summed E-state index contributed by atoms with van der Waals surface area (Å²) in [6, 6.07) is 11.8. The number of hydrogen-bond donors (Lipinski definition) is 0. The number of aromatic nitrogens is 3. The molecule has 6 bridgehead atoms. The summed E-state index contributed by atoms with van der Waals surface area (Å²) in [4.78, 5) is 26.6. The van der Waals surface area contributed by atoms with Gasteiger partial charge in [-0.2, -0.15) is 5.26 Å². The maximum atomic E-state index is 13.1. The van der Waals surface area contributed by atoms with E-state index in [-0.39, 0.29) is 5.91 Å². The maximum absolute atomic E-state index is 13.1. The number of ether oxygens (including phenoxy) is 1. The number of amides is 1. The number of carbonyl (C=O) groups excluding carboxylic acids is 1. The predicted molar refractivity (Wildman–Crippen MR) is 135 cm³/mol. The minimum Gasteiger partial charge on any atom is -0.438 e. The first-order valence-corrected chi connectivity index (χ1v) is 12.7. The largest absolute Gasteiger partial charge is 0.438 e. The van der Waals surface area contributed by atoms with E-state index in [2.05, 4.69) is 33.5 Å². The Labute approximate surface area is 212 Å². The Hall–Kier alpha value is -3.70. The Morgan fingerprint density at radius 3 is 2.78 bits per heavy atom. The summed E-state index contributed by atoms with van der Waals surface area (Å²) in [5.41, 5.74) is 4.57. The lowest BCUT2D eigenvalue weighted by molar-refractivity contribution is -0.137. The molecule has 1 aromatic carbocycles. The summed E-state index contributed by atoms with van der Waals surface area (Å²) in [7, 11) is 0. The third-order valence-corrected chi connectivity index (χ3v) is 7.08. The zero-order valence-electron chi connectivity index (χ0n) is 21.0. The summed E-state index contributed by atoms with van der Waals surface area (Å²) in [6.45, 7) is 7.75. The van der Waals surface area contributed by atoms with Gasteiger partial charge in [-0.05, 0) is 43.0 Å². The molecule has 3 aliphatic heterocycles. The van der Waals surface area contributed by atoms with Gasteiger partial charge in [0.25, 0.3) is 0 Å². The zero-order valence-corrected chi connectivity index (χ0v) is 21.0. The molecule has 0 radical (unpaired) electrons. The second-order valence-corrected chi connectivity index (χ2v) is 9.67. The third kappa shape index (κ3) is 5.12. The van der Waals surface area contributed by atoms with Gasteiger partial charge in [0, 0.05) is 38.4 Å². The molecule has 186 valence electrons. The van der Waals surface area contributed by atoms with Crippen molar-refractivity contribution in [1.82, 2.24) is 24.3 Å². The van der Waals surface area contributed by atoms with Crippen LogP contribution in [0.5, 0.6) is 11.6 Å². The summed E-state index contributed by atoms with van der Waals surface area (Å²) < 4.78 is 8.36. The van der Waals surface area contributed by atoms with Crippen LogP contribution in [0.25, 0.3) is 0 Å². The fourth-order valence-electron chi connectivity index (χ4n) is 4.96. The molecular formula is C28H32N6O2. The van der Waals surface area contributed by atoms with Crippen molar-refractivity contribution in [3.05, 3.63) is 70.4 Å². The monoisotopic (exact) mass is 484 g/mol. The molecule has 0 spiro atoms. The Morgan fingerprint density at radius 1 is 1.08 bits per heavy atom. The van der Waals surface area contributed by atoms with Gasteiger partial charge in [0.2, 0.25) is 11.8 Å². The van der Waals surface area contributed by atoms with Crippen LogP contribution in [-0.2, 0) is 30.8 Å². The number of nitriles is 1. The molecule has 0 saturated carbocycles. The molecule has 2 aromatic heterocycles. The first-order chi connectivity index (χ1) is 17.5. The summed E-state index contributed by atoms with van der Waals surface area (Å²) >= 11 is 0. The van der Waals surface area contributed by atoms with Crippen LogP contribution < -0.4 is 4.74 Å². The molecule has 1 saturated heterocycles. The highest BCUT2D eigenvalue weighted by molar-refractivity contribution is 5.79. The Bertz CT molecular complexity index is 1310. The van der Waals surface area contributed by atoms with Crippen molar-refractivity contribution < 1.29 is 9.53 Å². The van der Waals surface area contributed by atoms with Gasteiger partial charge >= 0.3 is 0 Å². The van der Waals surface area contributed by atoms with Crippen LogP contribution in [0, 0.1) is 18.3 Å². The lowest BCUT2D eigenvalue weighted by Gasteiger charge is -2.34. The van der Waals surface area contributed by atoms with Gasteiger partial charge in [-0.15, -0.1) is 0 Å². The number of unbranched alkanes of at least 4 members (excludes halogenated alkanes) is 2. The van der Waals surface area contributed by atoms with Crippen LogP contribution in [-0.4, -0.2) is 49.9 Å². The summed E-state index contributed by atoms with van der Waals surface area (Å²) in [6.07, 6.45) is 6.21. The fraction of sp³-hybridized carbons (Fsp3) is 0.429. The van der Waals surface area contributed by atoms with E-state index in [0.29, 0.717) is 49.9 Å². The second-order valence-electron chi connectivity index (χ2n) is 9.67. The van der Waals surface area contributed by atoms with Gasteiger partial charge in [0.05, 0.1) is 30.0 Å². The van der Waals surface area contributed by atoms with E-state index in [9.17, 15) is 10.1 Å². The van der Waals surface area contributed by atoms with Crippen molar-refractivity contribution >= 4 is 5.91 Å². The predicted octanol–water partition coefficient (Wildman–Crippen LogP) is 4.19. The molecule has 8 heteroatoms. The van der Waals surface area contributed by atoms with Crippen molar-refractivity contribution in [3.63, 3.8) is 0 Å². The first-order valence-electron chi connectivity index (χ1n) is 12.7. The summed E-state index contributed by atoms with van der Waals surface area (Å²) in [5.74, 6) is 1.95. The van der Waals surface area contributed by atoms with E-state index in [4.69, 9.17) is 9.72 Å². The average Bonchev–Trinajstić information content (AvgIpc) is 3.20. The Morgan fingerprint density at radius 2 is 1.97 bits per heavy atom. The molecule has 6 rings (SSSR count). The lowest BCUT2D eigenvalue weighted by Crippen LogP contribution is -2.49. The van der Waals surface area contributed by atoms with Crippen molar-refractivity contribution in [1.29, 1.82) is 5.26 Å². The van der Waals surface area contributed by atoms with Crippen molar-refractivity contribution in [2.75, 3.05) is 19.6 Å². The van der Waals surface area contributed by atoms with Crippen molar-refractivity contribution in [2.45, 2.75) is 59.2 Å². The van der Waals surface area contributed by atoms with Crippen LogP contribution in [0.2, 0.25) is 0 Å². The number of piperazine rings is 1. The van der Waals surface area contributed by atoms with Crippen LogP contribution in [0.4, 0.5) is 0 Å². The molecular weight excluding hydrogens is 452 g/mol. The molecule has 1 amide bonds. The number of rotatable bonds is 4. The van der Waals surface area contributed by atoms with Gasteiger partial charge in [-0.25, -0.2) is 9.97 Å². The van der Waals surface area contributed by atoms with Gasteiger partial charge < -0.3 is 14.2 Å². The zero-order chi connectivity index (χ0) is 25.1. The van der Waals surface area contributed by atoms with Gasteiger partial charge in [0.15, 0.2) is 0 Å². The van der Waals surface area contributed by atoms with Crippen LogP contribution in [0.1, 0.15) is 60.1 Å². The van der Waals surface area contributed by atoms with Crippen LogP contribution >= 0.6 is 0 Å². The van der Waals surface area contributed by atoms with E-state index in [0.717, 1.165) is 60.6 Å². The quantitative estimate of drug-likeness (QED) is 0.516. The van der Waals surface area contributed by atoms with Crippen molar-refractivity contribution in [3.8, 4) is 17.7 Å². The Kier molecular flexibility index (Phi) is 7.01. The first kappa shape index (κ1) is 24.0. The maximum Gasteiger partial charge on any atom is 0.237 e. The van der Waals surface area contributed by atoms with E-state index in [1.54, 1.807) is 6.07 Å². The van der Waals surface area contributed by atoms with Crippen molar-refractivity contribution in [2.24, 2.45) is 0 Å². The number of pyridine rings is 1. The molecule has 3 aromatic rings.